The number of carbonyl (C=O) groups is 1. The molecule has 0 radical (unpaired) electrons. The molecule has 3 aromatic heterocycles. The van der Waals surface area contributed by atoms with E-state index in [2.05, 4.69) is 15.3 Å². The summed E-state index contributed by atoms with van der Waals surface area (Å²) in [6.45, 7) is 1.91. The molecule has 0 aliphatic rings. The Morgan fingerprint density at radius 1 is 1.10 bits per heavy atom. The molecule has 1 aromatic carbocycles. The van der Waals surface area contributed by atoms with E-state index in [1.165, 1.54) is 23.0 Å². The van der Waals surface area contributed by atoms with Crippen molar-refractivity contribution in [3.05, 3.63) is 68.2 Å². The number of fused-ring (bicyclic) bond motifs is 1. The highest BCUT2D eigenvalue weighted by atomic mass is 32.2. The minimum absolute atomic E-state index is 0.0519. The average Bonchev–Trinajstić information content (AvgIpc) is 3.31. The fourth-order valence-electron chi connectivity index (χ4n) is 3.08. The normalized spacial score (nSPS) is 11.1. The largest absolute Gasteiger partial charge is 0.332 e. The topological polar surface area (TPSA) is 98.9 Å². The summed E-state index contributed by atoms with van der Waals surface area (Å²) in [6, 6.07) is 11.2. The van der Waals surface area contributed by atoms with Crippen molar-refractivity contribution in [3.8, 4) is 10.7 Å². The predicted octanol–water partition coefficient (Wildman–Crippen LogP) is 2.79. The summed E-state index contributed by atoms with van der Waals surface area (Å²) in [5.74, 6) is 0.244. The average molecular weight is 454 g/mol. The van der Waals surface area contributed by atoms with Crippen molar-refractivity contribution < 1.29 is 4.79 Å². The van der Waals surface area contributed by atoms with Crippen LogP contribution in [-0.4, -0.2) is 30.8 Å². The van der Waals surface area contributed by atoms with Gasteiger partial charge in [-0.05, 0) is 30.0 Å². The number of amides is 1. The molecule has 0 spiro atoms. The quantitative estimate of drug-likeness (QED) is 0.369. The number of benzene rings is 1. The lowest BCUT2D eigenvalue weighted by Gasteiger charge is -2.12. The SMILES string of the molecule is Cc1ccccc1NC(=O)CSc1nc(-c2cccs2)nc2c1c(=O)n(C)c(=O)n2C. The number of aromatic nitrogens is 4. The lowest BCUT2D eigenvalue weighted by Crippen LogP contribution is -2.37. The van der Waals surface area contributed by atoms with Crippen molar-refractivity contribution in [3.63, 3.8) is 0 Å². The Hall–Kier alpha value is -3.24. The van der Waals surface area contributed by atoms with Crippen molar-refractivity contribution >= 4 is 45.7 Å². The molecule has 8 nitrogen and oxygen atoms in total. The minimum Gasteiger partial charge on any atom is -0.325 e. The second-order valence-corrected chi connectivity index (χ2v) is 8.80. The maximum atomic E-state index is 12.9. The third-order valence-corrected chi connectivity index (χ3v) is 6.61. The molecule has 0 bridgehead atoms. The maximum Gasteiger partial charge on any atom is 0.332 e. The Bertz CT molecular complexity index is 1410. The molecule has 0 fully saturated rings. The van der Waals surface area contributed by atoms with Gasteiger partial charge in [-0.2, -0.15) is 0 Å². The van der Waals surface area contributed by atoms with Crippen LogP contribution < -0.4 is 16.6 Å². The lowest BCUT2D eigenvalue weighted by molar-refractivity contribution is -0.113. The summed E-state index contributed by atoms with van der Waals surface area (Å²) in [5.41, 5.74) is 0.975. The Labute approximate surface area is 185 Å². The van der Waals surface area contributed by atoms with Gasteiger partial charge >= 0.3 is 5.69 Å². The number of thioether (sulfide) groups is 1. The van der Waals surface area contributed by atoms with E-state index in [4.69, 9.17) is 0 Å². The van der Waals surface area contributed by atoms with E-state index in [9.17, 15) is 14.4 Å². The van der Waals surface area contributed by atoms with Crippen molar-refractivity contribution in [2.24, 2.45) is 14.1 Å². The molecule has 158 valence electrons. The first-order valence-electron chi connectivity index (χ1n) is 9.36. The molecule has 10 heteroatoms. The zero-order valence-electron chi connectivity index (χ0n) is 17.1. The molecule has 4 rings (SSSR count). The van der Waals surface area contributed by atoms with Gasteiger partial charge in [0.25, 0.3) is 5.56 Å². The third kappa shape index (κ3) is 4.04. The number of hydrogen-bond acceptors (Lipinski definition) is 7. The van der Waals surface area contributed by atoms with Crippen molar-refractivity contribution in [2.45, 2.75) is 11.9 Å². The number of aryl methyl sites for hydroxylation is 2. The maximum absolute atomic E-state index is 12.9. The number of carbonyl (C=O) groups excluding carboxylic acids is 1. The molecule has 0 atom stereocenters. The Balaban J connectivity index is 1.75. The van der Waals surface area contributed by atoms with Crippen LogP contribution in [0, 0.1) is 6.92 Å². The molecule has 0 aliphatic heterocycles. The molecule has 1 N–H and O–H groups in total. The van der Waals surface area contributed by atoms with Gasteiger partial charge in [-0.15, -0.1) is 11.3 Å². The standard InChI is InChI=1S/C21H19N5O3S2/c1-12-7-4-5-8-13(12)22-15(27)11-31-19-16-18(25(2)21(29)26(3)20(16)28)23-17(24-19)14-9-6-10-30-14/h4-10H,11H2,1-3H3,(H,22,27). The van der Waals surface area contributed by atoms with E-state index < -0.39 is 11.2 Å². The Morgan fingerprint density at radius 3 is 2.58 bits per heavy atom. The minimum atomic E-state index is -0.488. The molecule has 1 amide bonds. The van der Waals surface area contributed by atoms with Gasteiger partial charge in [0.15, 0.2) is 11.5 Å². The smallest absolute Gasteiger partial charge is 0.325 e. The number of para-hydroxylation sites is 1. The monoisotopic (exact) mass is 453 g/mol. The summed E-state index contributed by atoms with van der Waals surface area (Å²) >= 11 is 2.60. The molecule has 3 heterocycles. The second-order valence-electron chi connectivity index (χ2n) is 6.89. The van der Waals surface area contributed by atoms with Crippen molar-refractivity contribution in [1.29, 1.82) is 0 Å². The van der Waals surface area contributed by atoms with Gasteiger partial charge in [0.05, 0.1) is 10.6 Å². The van der Waals surface area contributed by atoms with E-state index in [0.717, 1.165) is 32.5 Å². The molecule has 0 saturated carbocycles. The number of rotatable bonds is 5. The molecule has 0 saturated heterocycles. The van der Waals surface area contributed by atoms with Gasteiger partial charge in [-0.3, -0.25) is 18.7 Å². The van der Waals surface area contributed by atoms with E-state index >= 15 is 0 Å². The van der Waals surface area contributed by atoms with Gasteiger partial charge in [-0.1, -0.05) is 36.0 Å². The Kier molecular flexibility index (Phi) is 5.75. The van der Waals surface area contributed by atoms with Crippen molar-refractivity contribution in [1.82, 2.24) is 19.1 Å². The van der Waals surface area contributed by atoms with Crippen LogP contribution in [0.15, 0.2) is 56.4 Å². The van der Waals surface area contributed by atoms with Crippen LogP contribution in [0.1, 0.15) is 5.56 Å². The first kappa shape index (κ1) is 21.0. The van der Waals surface area contributed by atoms with Gasteiger partial charge < -0.3 is 5.32 Å². The molecule has 0 unspecified atom stereocenters. The summed E-state index contributed by atoms with van der Waals surface area (Å²) < 4.78 is 2.35. The zero-order valence-corrected chi connectivity index (χ0v) is 18.7. The molecular formula is C21H19N5O3S2. The summed E-state index contributed by atoms with van der Waals surface area (Å²) in [7, 11) is 2.98. The first-order chi connectivity index (χ1) is 14.9. The highest BCUT2D eigenvalue weighted by molar-refractivity contribution is 8.00. The number of hydrogen-bond donors (Lipinski definition) is 1. The van der Waals surface area contributed by atoms with Gasteiger partial charge in [0.1, 0.15) is 10.4 Å². The van der Waals surface area contributed by atoms with Crippen LogP contribution in [0.5, 0.6) is 0 Å². The number of nitrogens with one attached hydrogen (secondary N) is 1. The van der Waals surface area contributed by atoms with E-state index in [-0.39, 0.29) is 22.7 Å². The lowest BCUT2D eigenvalue weighted by atomic mass is 10.2. The van der Waals surface area contributed by atoms with E-state index in [1.54, 1.807) is 7.05 Å². The van der Waals surface area contributed by atoms with E-state index in [1.807, 2.05) is 48.7 Å². The van der Waals surface area contributed by atoms with E-state index in [0.29, 0.717) is 10.9 Å². The number of nitrogens with zero attached hydrogens (tertiary/aromatic N) is 4. The predicted molar refractivity (Wildman–Crippen MR) is 124 cm³/mol. The fraction of sp³-hybridized carbons (Fsp3) is 0.190. The van der Waals surface area contributed by atoms with Crippen LogP contribution in [0.2, 0.25) is 0 Å². The second kappa shape index (κ2) is 8.48. The zero-order chi connectivity index (χ0) is 22.1. The highest BCUT2D eigenvalue weighted by Gasteiger charge is 2.19. The van der Waals surface area contributed by atoms with Crippen LogP contribution >= 0.6 is 23.1 Å². The van der Waals surface area contributed by atoms with Gasteiger partial charge in [0, 0.05) is 19.8 Å². The van der Waals surface area contributed by atoms with Crippen LogP contribution in [-0.2, 0) is 18.9 Å². The van der Waals surface area contributed by atoms with Crippen molar-refractivity contribution in [2.75, 3.05) is 11.1 Å². The number of anilines is 1. The third-order valence-electron chi connectivity index (χ3n) is 4.77. The van der Waals surface area contributed by atoms with Crippen LogP contribution in [0.25, 0.3) is 21.7 Å². The summed E-state index contributed by atoms with van der Waals surface area (Å²) in [5, 5.41) is 5.36. The van der Waals surface area contributed by atoms with Crippen LogP contribution in [0.4, 0.5) is 5.69 Å². The summed E-state index contributed by atoms with van der Waals surface area (Å²) in [4.78, 5) is 47.7. The van der Waals surface area contributed by atoms with Gasteiger partial charge in [-0.25, -0.2) is 14.8 Å². The summed E-state index contributed by atoms with van der Waals surface area (Å²) in [6.07, 6.45) is 0. The highest BCUT2D eigenvalue weighted by Crippen LogP contribution is 2.28. The van der Waals surface area contributed by atoms with Gasteiger partial charge in [0.2, 0.25) is 5.91 Å². The molecule has 4 aromatic rings. The van der Waals surface area contributed by atoms with Crippen LogP contribution in [0.3, 0.4) is 0 Å². The fourth-order valence-corrected chi connectivity index (χ4v) is 4.55. The molecule has 31 heavy (non-hydrogen) atoms. The number of thiophene rings is 1. The Morgan fingerprint density at radius 2 is 1.87 bits per heavy atom. The molecule has 0 aliphatic carbocycles. The first-order valence-corrected chi connectivity index (χ1v) is 11.2. The molecular weight excluding hydrogens is 434 g/mol.